The smallest absolute Gasteiger partial charge is 0.306 e. The highest BCUT2D eigenvalue weighted by Gasteiger charge is 2.19. The largest absolute Gasteiger partial charge is 0.462 e. The number of carbonyl (C=O) groups excluding carboxylic acids is 3. The van der Waals surface area contributed by atoms with Crippen molar-refractivity contribution in [1.82, 2.24) is 0 Å². The molecule has 0 aliphatic carbocycles. The lowest BCUT2D eigenvalue weighted by atomic mass is 9.99. The van der Waals surface area contributed by atoms with Crippen molar-refractivity contribution in [2.45, 2.75) is 349 Å². The van der Waals surface area contributed by atoms with E-state index in [1.807, 2.05) is 0 Å². The number of ether oxygens (including phenoxy) is 3. The van der Waals surface area contributed by atoms with Crippen LogP contribution in [0.15, 0.2) is 0 Å². The maximum absolute atomic E-state index is 12.9. The summed E-state index contributed by atoms with van der Waals surface area (Å²) in [6.45, 7) is 11.5. The van der Waals surface area contributed by atoms with Crippen LogP contribution in [0.2, 0.25) is 0 Å². The van der Waals surface area contributed by atoms with Gasteiger partial charge in [-0.2, -0.15) is 0 Å². The maximum Gasteiger partial charge on any atom is 0.306 e. The highest BCUT2D eigenvalue weighted by molar-refractivity contribution is 5.71. The Morgan fingerprint density at radius 2 is 0.567 bits per heavy atom. The molecular formula is C61H118O6. The summed E-state index contributed by atoms with van der Waals surface area (Å²) in [7, 11) is 0. The van der Waals surface area contributed by atoms with E-state index in [-0.39, 0.29) is 31.1 Å². The second-order valence-electron chi connectivity index (χ2n) is 21.7. The van der Waals surface area contributed by atoms with Crippen molar-refractivity contribution in [1.29, 1.82) is 0 Å². The molecule has 0 heterocycles. The van der Waals surface area contributed by atoms with E-state index in [0.29, 0.717) is 19.3 Å². The normalized spacial score (nSPS) is 12.4. The third kappa shape index (κ3) is 53.6. The Bertz CT molecular complexity index is 1030. The van der Waals surface area contributed by atoms with Gasteiger partial charge in [-0.3, -0.25) is 14.4 Å². The van der Waals surface area contributed by atoms with Gasteiger partial charge in [-0.25, -0.2) is 0 Å². The van der Waals surface area contributed by atoms with E-state index < -0.39 is 6.10 Å². The minimum absolute atomic E-state index is 0.0623. The van der Waals surface area contributed by atoms with Gasteiger partial charge < -0.3 is 14.2 Å². The number of unbranched alkanes of at least 4 members (excludes halogenated alkanes) is 39. The molecule has 0 aliphatic heterocycles. The lowest BCUT2D eigenvalue weighted by Gasteiger charge is -2.18. The Hall–Kier alpha value is -1.59. The summed E-state index contributed by atoms with van der Waals surface area (Å²) in [4.78, 5) is 38.2. The molecule has 6 heteroatoms. The molecule has 0 N–H and O–H groups in total. The highest BCUT2D eigenvalue weighted by Crippen LogP contribution is 2.19. The van der Waals surface area contributed by atoms with E-state index in [2.05, 4.69) is 34.6 Å². The summed E-state index contributed by atoms with van der Waals surface area (Å²) in [5, 5.41) is 0. The number of rotatable bonds is 55. The molecule has 0 spiro atoms. The van der Waals surface area contributed by atoms with Crippen molar-refractivity contribution in [3.05, 3.63) is 0 Å². The van der Waals surface area contributed by atoms with E-state index in [1.165, 1.54) is 231 Å². The molecule has 0 rings (SSSR count). The Morgan fingerprint density at radius 3 is 0.851 bits per heavy atom. The van der Waals surface area contributed by atoms with Gasteiger partial charge in [0, 0.05) is 19.3 Å². The molecule has 0 aromatic rings. The predicted octanol–water partition coefficient (Wildman–Crippen LogP) is 20.0. The Kier molecular flexibility index (Phi) is 52.5. The van der Waals surface area contributed by atoms with Gasteiger partial charge in [0.15, 0.2) is 6.10 Å². The van der Waals surface area contributed by atoms with Gasteiger partial charge in [-0.05, 0) is 31.1 Å². The van der Waals surface area contributed by atoms with E-state index in [4.69, 9.17) is 14.2 Å². The van der Waals surface area contributed by atoms with Gasteiger partial charge in [-0.15, -0.1) is 0 Å². The molecule has 6 nitrogen and oxygen atoms in total. The van der Waals surface area contributed by atoms with Gasteiger partial charge in [0.05, 0.1) is 0 Å². The molecule has 0 fully saturated rings. The van der Waals surface area contributed by atoms with Gasteiger partial charge in [0.25, 0.3) is 0 Å². The molecule has 0 aliphatic rings. The van der Waals surface area contributed by atoms with Crippen molar-refractivity contribution in [2.24, 2.45) is 11.8 Å². The molecule has 0 bridgehead atoms. The number of carbonyl (C=O) groups is 3. The first-order chi connectivity index (χ1) is 32.8. The van der Waals surface area contributed by atoms with Crippen LogP contribution in [0.4, 0.5) is 0 Å². The van der Waals surface area contributed by atoms with Crippen molar-refractivity contribution >= 4 is 17.9 Å². The summed E-state index contributed by atoms with van der Waals surface area (Å²) >= 11 is 0. The van der Waals surface area contributed by atoms with E-state index >= 15 is 0 Å². The van der Waals surface area contributed by atoms with Crippen molar-refractivity contribution in [3.8, 4) is 0 Å². The lowest BCUT2D eigenvalue weighted by Crippen LogP contribution is -2.30. The third-order valence-electron chi connectivity index (χ3n) is 14.3. The summed E-state index contributed by atoms with van der Waals surface area (Å²) in [6, 6.07) is 0. The van der Waals surface area contributed by atoms with Crippen LogP contribution in [-0.4, -0.2) is 37.2 Å². The first-order valence-electron chi connectivity index (χ1n) is 30.3. The quantitative estimate of drug-likeness (QED) is 0.0343. The average molecular weight is 948 g/mol. The van der Waals surface area contributed by atoms with Crippen LogP contribution in [-0.2, 0) is 28.6 Å². The van der Waals surface area contributed by atoms with E-state index in [1.54, 1.807) is 0 Å². The molecule has 398 valence electrons. The van der Waals surface area contributed by atoms with Gasteiger partial charge in [0.1, 0.15) is 13.2 Å². The minimum Gasteiger partial charge on any atom is -0.462 e. The van der Waals surface area contributed by atoms with Crippen LogP contribution in [0, 0.1) is 11.8 Å². The fourth-order valence-corrected chi connectivity index (χ4v) is 9.37. The standard InChI is InChI=1S/C61H118O6/c1-6-8-9-10-11-12-13-14-15-16-20-26-31-36-41-46-51-59(62)65-54-58(55-66-60(63)52-47-42-37-32-27-23-22-24-29-34-39-44-49-56(3)4)67-61(64)53-48-43-38-33-28-21-18-17-19-25-30-35-40-45-50-57(5)7-2/h56-58H,6-55H2,1-5H3/t57?,58-/m0/s1. The van der Waals surface area contributed by atoms with Gasteiger partial charge in [0.2, 0.25) is 0 Å². The fourth-order valence-electron chi connectivity index (χ4n) is 9.37. The highest BCUT2D eigenvalue weighted by atomic mass is 16.6. The zero-order chi connectivity index (χ0) is 48.9. The van der Waals surface area contributed by atoms with Crippen LogP contribution in [0.5, 0.6) is 0 Å². The van der Waals surface area contributed by atoms with Gasteiger partial charge in [-0.1, -0.05) is 304 Å². The zero-order valence-electron chi connectivity index (χ0n) is 46.0. The molecule has 0 radical (unpaired) electrons. The molecule has 0 saturated heterocycles. The number of hydrogen-bond donors (Lipinski definition) is 0. The third-order valence-corrected chi connectivity index (χ3v) is 14.3. The van der Waals surface area contributed by atoms with Crippen LogP contribution in [0.25, 0.3) is 0 Å². The molecule has 0 aromatic heterocycles. The number of hydrogen-bond acceptors (Lipinski definition) is 6. The molecule has 67 heavy (non-hydrogen) atoms. The van der Waals surface area contributed by atoms with E-state index in [0.717, 1.165) is 69.6 Å². The Balaban J connectivity index is 4.30. The molecule has 1 unspecified atom stereocenters. The van der Waals surface area contributed by atoms with E-state index in [9.17, 15) is 14.4 Å². The average Bonchev–Trinajstić information content (AvgIpc) is 3.31. The molecule has 0 aromatic carbocycles. The number of esters is 3. The SMILES string of the molecule is CCCCCCCCCCCCCCCCCCC(=O)OC[C@@H](COC(=O)CCCCCCCCCCCCCCC(C)C)OC(=O)CCCCCCCCCCCCCCCCC(C)CC. The molecule has 2 atom stereocenters. The second kappa shape index (κ2) is 53.8. The molecule has 0 amide bonds. The lowest BCUT2D eigenvalue weighted by molar-refractivity contribution is -0.167. The first-order valence-corrected chi connectivity index (χ1v) is 30.3. The molecule has 0 saturated carbocycles. The van der Waals surface area contributed by atoms with Crippen LogP contribution < -0.4 is 0 Å². The van der Waals surface area contributed by atoms with Crippen LogP contribution in [0.3, 0.4) is 0 Å². The summed E-state index contributed by atoms with van der Waals surface area (Å²) in [5.41, 5.74) is 0. The zero-order valence-corrected chi connectivity index (χ0v) is 46.0. The fraction of sp³-hybridized carbons (Fsp3) is 0.951. The predicted molar refractivity (Wildman–Crippen MR) is 289 cm³/mol. The topological polar surface area (TPSA) is 78.9 Å². The monoisotopic (exact) mass is 947 g/mol. The summed E-state index contributed by atoms with van der Waals surface area (Å²) < 4.78 is 16.9. The van der Waals surface area contributed by atoms with Crippen LogP contribution >= 0.6 is 0 Å². The second-order valence-corrected chi connectivity index (χ2v) is 21.7. The van der Waals surface area contributed by atoms with Crippen molar-refractivity contribution < 1.29 is 28.6 Å². The van der Waals surface area contributed by atoms with Crippen molar-refractivity contribution in [3.63, 3.8) is 0 Å². The van der Waals surface area contributed by atoms with Crippen LogP contribution in [0.1, 0.15) is 343 Å². The Morgan fingerprint density at radius 1 is 0.313 bits per heavy atom. The Labute approximate surface area is 418 Å². The van der Waals surface area contributed by atoms with Crippen molar-refractivity contribution in [2.75, 3.05) is 13.2 Å². The first kappa shape index (κ1) is 65.4. The molecular weight excluding hydrogens is 829 g/mol. The van der Waals surface area contributed by atoms with Gasteiger partial charge >= 0.3 is 17.9 Å². The maximum atomic E-state index is 12.9. The summed E-state index contributed by atoms with van der Waals surface area (Å²) in [5.74, 6) is 0.893. The minimum atomic E-state index is -0.763. The summed E-state index contributed by atoms with van der Waals surface area (Å²) in [6.07, 6.45) is 58.0.